The van der Waals surface area contributed by atoms with Gasteiger partial charge in [0.1, 0.15) is 48.1 Å². The second-order valence-electron chi connectivity index (χ2n) is 10.9. The van der Waals surface area contributed by atoms with Crippen LogP contribution in [0.2, 0.25) is 0 Å². The fourth-order valence-corrected chi connectivity index (χ4v) is 4.88. The Labute approximate surface area is 231 Å². The summed E-state index contributed by atoms with van der Waals surface area (Å²) in [6.07, 6.45) is -11.1. The fourth-order valence-electron chi connectivity index (χ4n) is 4.88. The molecule has 12 heteroatoms. The van der Waals surface area contributed by atoms with Crippen LogP contribution in [0.4, 0.5) is 0 Å². The van der Waals surface area contributed by atoms with E-state index in [-0.39, 0.29) is 0 Å². The van der Waals surface area contributed by atoms with Crippen LogP contribution in [0.15, 0.2) is 36.4 Å². The molecule has 10 atom stereocenters. The fraction of sp³-hybridized carbons (Fsp3) is 0.571. The van der Waals surface area contributed by atoms with Crippen molar-refractivity contribution in [1.82, 2.24) is 0 Å². The molecule has 222 valence electrons. The van der Waals surface area contributed by atoms with Gasteiger partial charge >= 0.3 is 0 Å². The van der Waals surface area contributed by atoms with Crippen LogP contribution in [0.3, 0.4) is 0 Å². The van der Waals surface area contributed by atoms with E-state index >= 15 is 0 Å². The number of aliphatic hydroxyl groups excluding tert-OH is 6. The highest BCUT2D eigenvalue weighted by molar-refractivity contribution is 5.67. The Morgan fingerprint density at radius 2 is 1.02 bits per heavy atom. The molecule has 0 amide bonds. The molecule has 0 saturated carbocycles. The van der Waals surface area contributed by atoms with Gasteiger partial charge in [-0.2, -0.15) is 0 Å². The lowest BCUT2D eigenvalue weighted by molar-refractivity contribution is -0.315. The standard InChI is InChI=1S/C28H38O12/c1-13-9-15(5-7-17(13)37-25-27(3,35)23(33)21(31)19(11-29)39-25)16-6-8-18(14(2)10-16)38-26-28(4,36)24(34)22(32)20(12-30)40-26/h5-10,19-26,29-36H,11-12H2,1-4H3/t19-,20-,21-,22-,23+,24+,25+,26?,27+,28+/m1/s1. The average molecular weight is 567 g/mol. The van der Waals surface area contributed by atoms with Crippen molar-refractivity contribution in [3.05, 3.63) is 47.5 Å². The predicted octanol–water partition coefficient (Wildman–Crippen LogP) is -0.892. The molecule has 12 nitrogen and oxygen atoms in total. The summed E-state index contributed by atoms with van der Waals surface area (Å²) in [7, 11) is 0. The number of hydrogen-bond acceptors (Lipinski definition) is 12. The number of benzene rings is 2. The SMILES string of the molecule is Cc1cc(-c2ccc(O[C@H]3O[C@H](CO)[C@@H](O)[C@H](O)[C@]3(C)O)c(C)c2)ccc1OC1O[C@H](CO)[C@@H](O)[C@H](O)[C@]1(C)O. The third kappa shape index (κ3) is 5.57. The summed E-state index contributed by atoms with van der Waals surface area (Å²) in [4.78, 5) is 0. The van der Waals surface area contributed by atoms with Gasteiger partial charge in [-0.15, -0.1) is 0 Å². The zero-order valence-electron chi connectivity index (χ0n) is 22.7. The van der Waals surface area contributed by atoms with E-state index in [1.54, 1.807) is 38.1 Å². The minimum absolute atomic E-state index is 0.363. The van der Waals surface area contributed by atoms with Gasteiger partial charge < -0.3 is 59.8 Å². The van der Waals surface area contributed by atoms with Gasteiger partial charge in [-0.3, -0.25) is 0 Å². The van der Waals surface area contributed by atoms with Crippen molar-refractivity contribution in [2.24, 2.45) is 0 Å². The lowest BCUT2D eigenvalue weighted by atomic mass is 9.88. The Kier molecular flexibility index (Phi) is 8.79. The van der Waals surface area contributed by atoms with E-state index < -0.39 is 73.6 Å². The molecule has 2 aliphatic rings. The lowest BCUT2D eigenvalue weighted by Gasteiger charge is -2.45. The molecular formula is C28H38O12. The van der Waals surface area contributed by atoms with E-state index in [1.807, 2.05) is 12.1 Å². The van der Waals surface area contributed by atoms with Crippen molar-refractivity contribution in [3.63, 3.8) is 0 Å². The highest BCUT2D eigenvalue weighted by Gasteiger charge is 2.54. The van der Waals surface area contributed by atoms with Crippen LogP contribution in [0.5, 0.6) is 11.5 Å². The van der Waals surface area contributed by atoms with E-state index in [0.29, 0.717) is 22.6 Å². The first-order valence-corrected chi connectivity index (χ1v) is 13.0. The van der Waals surface area contributed by atoms with E-state index in [4.69, 9.17) is 18.9 Å². The smallest absolute Gasteiger partial charge is 0.231 e. The van der Waals surface area contributed by atoms with Crippen LogP contribution in [-0.2, 0) is 9.47 Å². The summed E-state index contributed by atoms with van der Waals surface area (Å²) < 4.78 is 22.8. The van der Waals surface area contributed by atoms with E-state index in [1.165, 1.54) is 13.8 Å². The molecule has 0 aliphatic carbocycles. The van der Waals surface area contributed by atoms with Gasteiger partial charge in [-0.05, 0) is 74.2 Å². The Balaban J connectivity index is 1.51. The number of aryl methyl sites for hydroxylation is 2. The highest BCUT2D eigenvalue weighted by atomic mass is 16.7. The number of hydrogen-bond donors (Lipinski definition) is 8. The van der Waals surface area contributed by atoms with Crippen molar-refractivity contribution < 1.29 is 59.8 Å². The Morgan fingerprint density at radius 1 is 0.675 bits per heavy atom. The van der Waals surface area contributed by atoms with Gasteiger partial charge in [0.2, 0.25) is 12.6 Å². The summed E-state index contributed by atoms with van der Waals surface area (Å²) >= 11 is 0. The summed E-state index contributed by atoms with van der Waals surface area (Å²) in [5.74, 6) is 0.726. The molecule has 40 heavy (non-hydrogen) atoms. The van der Waals surface area contributed by atoms with Gasteiger partial charge in [0.15, 0.2) is 11.2 Å². The van der Waals surface area contributed by atoms with Gasteiger partial charge in [-0.1, -0.05) is 12.1 Å². The molecule has 1 unspecified atom stereocenters. The van der Waals surface area contributed by atoms with Crippen molar-refractivity contribution in [2.75, 3.05) is 13.2 Å². The maximum Gasteiger partial charge on any atom is 0.231 e. The molecule has 2 saturated heterocycles. The number of ether oxygens (including phenoxy) is 4. The molecular weight excluding hydrogens is 528 g/mol. The Hall–Kier alpha value is -2.36. The zero-order valence-corrected chi connectivity index (χ0v) is 22.7. The van der Waals surface area contributed by atoms with Gasteiger partial charge in [0.25, 0.3) is 0 Å². The molecule has 2 aromatic carbocycles. The topological polar surface area (TPSA) is 199 Å². The second kappa shape index (κ2) is 11.5. The third-order valence-corrected chi connectivity index (χ3v) is 7.67. The number of aliphatic hydroxyl groups is 8. The molecule has 8 N–H and O–H groups in total. The summed E-state index contributed by atoms with van der Waals surface area (Å²) in [6.45, 7) is 4.99. The summed E-state index contributed by atoms with van der Waals surface area (Å²) in [5.41, 5.74) is -0.878. The predicted molar refractivity (Wildman–Crippen MR) is 139 cm³/mol. The normalized spacial score (nSPS) is 38.2. The first-order valence-electron chi connectivity index (χ1n) is 13.0. The third-order valence-electron chi connectivity index (χ3n) is 7.67. The first kappa shape index (κ1) is 30.6. The van der Waals surface area contributed by atoms with Crippen LogP contribution >= 0.6 is 0 Å². The maximum atomic E-state index is 10.7. The van der Waals surface area contributed by atoms with E-state index in [0.717, 1.165) is 11.1 Å². The highest BCUT2D eigenvalue weighted by Crippen LogP contribution is 2.36. The van der Waals surface area contributed by atoms with Crippen LogP contribution in [0.1, 0.15) is 25.0 Å². The van der Waals surface area contributed by atoms with Crippen molar-refractivity contribution in [1.29, 1.82) is 0 Å². The summed E-state index contributed by atoms with van der Waals surface area (Å²) in [6, 6.07) is 10.6. The Morgan fingerprint density at radius 3 is 1.32 bits per heavy atom. The molecule has 0 spiro atoms. The Bertz CT molecular complexity index is 1090. The van der Waals surface area contributed by atoms with Gasteiger partial charge in [0.05, 0.1) is 13.2 Å². The van der Waals surface area contributed by atoms with Crippen molar-refractivity contribution in [3.8, 4) is 22.6 Å². The molecule has 0 radical (unpaired) electrons. The molecule has 0 aromatic heterocycles. The van der Waals surface area contributed by atoms with Crippen LogP contribution < -0.4 is 9.47 Å². The largest absolute Gasteiger partial charge is 0.461 e. The van der Waals surface area contributed by atoms with Crippen LogP contribution in [0.25, 0.3) is 11.1 Å². The lowest BCUT2D eigenvalue weighted by Crippen LogP contribution is -2.66. The van der Waals surface area contributed by atoms with Gasteiger partial charge in [0, 0.05) is 0 Å². The molecule has 2 aliphatic heterocycles. The molecule has 2 fully saturated rings. The zero-order chi connectivity index (χ0) is 29.6. The second-order valence-corrected chi connectivity index (χ2v) is 10.9. The van der Waals surface area contributed by atoms with Crippen molar-refractivity contribution >= 4 is 0 Å². The quantitative estimate of drug-likeness (QED) is 0.206. The minimum Gasteiger partial charge on any atom is -0.461 e. The van der Waals surface area contributed by atoms with Crippen LogP contribution in [-0.4, -0.2) is 114 Å². The molecule has 4 rings (SSSR count). The van der Waals surface area contributed by atoms with E-state index in [2.05, 4.69) is 0 Å². The van der Waals surface area contributed by atoms with E-state index in [9.17, 15) is 40.9 Å². The summed E-state index contributed by atoms with van der Waals surface area (Å²) in [5, 5.41) is 81.1. The first-order chi connectivity index (χ1) is 18.7. The number of rotatable bonds is 7. The monoisotopic (exact) mass is 566 g/mol. The van der Waals surface area contributed by atoms with Crippen LogP contribution in [0, 0.1) is 13.8 Å². The molecule has 0 bridgehead atoms. The minimum atomic E-state index is -1.94. The maximum absolute atomic E-state index is 10.7. The van der Waals surface area contributed by atoms with Gasteiger partial charge in [-0.25, -0.2) is 0 Å². The van der Waals surface area contributed by atoms with Crippen molar-refractivity contribution in [2.45, 2.75) is 88.1 Å². The average Bonchev–Trinajstić information content (AvgIpc) is 2.91. The molecule has 2 aromatic rings. The molecule has 2 heterocycles.